The normalized spacial score (nSPS) is 24.4. The number of aromatic nitrogens is 2. The summed E-state index contributed by atoms with van der Waals surface area (Å²) in [5, 5.41) is 0.777. The van der Waals surface area contributed by atoms with E-state index in [9.17, 15) is 0 Å². The highest BCUT2D eigenvalue weighted by atomic mass is 35.5. The third-order valence-corrected chi connectivity index (χ3v) is 4.54. The molecule has 3 N–H and O–H groups in total. The fourth-order valence-electron chi connectivity index (χ4n) is 3.24. The van der Waals surface area contributed by atoms with Crippen molar-refractivity contribution in [3.8, 4) is 0 Å². The number of nitrogen functional groups attached to an aromatic ring is 1. The van der Waals surface area contributed by atoms with E-state index < -0.39 is 0 Å². The van der Waals surface area contributed by atoms with E-state index in [0.29, 0.717) is 17.8 Å². The summed E-state index contributed by atoms with van der Waals surface area (Å²) in [5.74, 6) is 1.40. The van der Waals surface area contributed by atoms with Crippen molar-refractivity contribution < 1.29 is 0 Å². The molecule has 0 unspecified atom stereocenters. The van der Waals surface area contributed by atoms with E-state index in [2.05, 4.69) is 35.9 Å². The molecule has 0 spiro atoms. The topological polar surface area (TPSA) is 54.7 Å². The van der Waals surface area contributed by atoms with Crippen LogP contribution in [0.15, 0.2) is 24.3 Å². The maximum atomic E-state index is 5.96. The number of nitrogens with zero attached hydrogens (tertiary/aromatic N) is 1. The molecular formula is C15H18ClN3. The molecule has 3 nitrogen and oxygen atoms in total. The van der Waals surface area contributed by atoms with E-state index in [0.717, 1.165) is 16.4 Å². The Bertz CT molecular complexity index is 613. The van der Waals surface area contributed by atoms with Crippen LogP contribution in [0, 0.1) is 12.3 Å². The summed E-state index contributed by atoms with van der Waals surface area (Å²) in [7, 11) is 0. The molecule has 2 aromatic rings. The molecule has 4 heteroatoms. The first-order chi connectivity index (χ1) is 8.91. The number of benzene rings is 1. The van der Waals surface area contributed by atoms with Gasteiger partial charge in [0.2, 0.25) is 0 Å². The van der Waals surface area contributed by atoms with Gasteiger partial charge in [0.05, 0.1) is 5.69 Å². The van der Waals surface area contributed by atoms with E-state index in [-0.39, 0.29) is 5.41 Å². The van der Waals surface area contributed by atoms with Crippen molar-refractivity contribution in [2.45, 2.75) is 32.6 Å². The van der Waals surface area contributed by atoms with Gasteiger partial charge in [0, 0.05) is 16.6 Å². The molecule has 0 aliphatic heterocycles. The first kappa shape index (κ1) is 12.5. The van der Waals surface area contributed by atoms with Gasteiger partial charge < -0.3 is 10.7 Å². The van der Waals surface area contributed by atoms with Crippen LogP contribution in [-0.4, -0.2) is 9.97 Å². The fourth-order valence-corrected chi connectivity index (χ4v) is 3.37. The summed E-state index contributed by atoms with van der Waals surface area (Å²) in [5.41, 5.74) is 9.46. The number of hydrogen-bond acceptors (Lipinski definition) is 2. The van der Waals surface area contributed by atoms with Crippen LogP contribution in [0.4, 0.5) is 5.95 Å². The molecule has 1 aromatic carbocycles. The summed E-state index contributed by atoms with van der Waals surface area (Å²) in [6.45, 7) is 6.59. The number of nitrogens with one attached hydrogen (secondary N) is 1. The minimum absolute atomic E-state index is 0.209. The third kappa shape index (κ3) is 1.93. The number of nitrogens with two attached hydrogens (primary N) is 1. The Morgan fingerprint density at radius 3 is 2.37 bits per heavy atom. The van der Waals surface area contributed by atoms with Crippen LogP contribution in [0.2, 0.25) is 5.02 Å². The Morgan fingerprint density at radius 2 is 1.84 bits per heavy atom. The zero-order valence-corrected chi connectivity index (χ0v) is 12.1. The van der Waals surface area contributed by atoms with E-state index in [1.54, 1.807) is 0 Å². The molecule has 0 saturated heterocycles. The molecule has 1 heterocycles. The highest BCUT2D eigenvalue weighted by Gasteiger charge is 2.60. The van der Waals surface area contributed by atoms with Crippen LogP contribution >= 0.6 is 11.6 Å². The first-order valence-corrected chi connectivity index (χ1v) is 6.86. The van der Waals surface area contributed by atoms with Crippen LogP contribution in [0.5, 0.6) is 0 Å². The largest absolute Gasteiger partial charge is 0.369 e. The average Bonchev–Trinajstić information content (AvgIpc) is 2.73. The van der Waals surface area contributed by atoms with Gasteiger partial charge in [-0.1, -0.05) is 37.6 Å². The Labute approximate surface area is 118 Å². The molecule has 0 radical (unpaired) electrons. The SMILES string of the molecule is Cc1[nH]c(N)nc1[C@@H]1[C@@H](c2ccc(Cl)cc2)C1(C)C. The van der Waals surface area contributed by atoms with Gasteiger partial charge in [0.1, 0.15) is 0 Å². The minimum Gasteiger partial charge on any atom is -0.369 e. The number of imidazole rings is 1. The molecule has 0 amide bonds. The van der Waals surface area contributed by atoms with Crippen LogP contribution in [0.1, 0.15) is 42.6 Å². The number of aryl methyl sites for hydroxylation is 1. The van der Waals surface area contributed by atoms with Crippen molar-refractivity contribution in [2.75, 3.05) is 5.73 Å². The molecular weight excluding hydrogens is 258 g/mol. The van der Waals surface area contributed by atoms with E-state index in [1.807, 2.05) is 19.1 Å². The average molecular weight is 276 g/mol. The Hall–Kier alpha value is -1.48. The molecule has 2 atom stereocenters. The van der Waals surface area contributed by atoms with Crippen molar-refractivity contribution in [1.29, 1.82) is 0 Å². The smallest absolute Gasteiger partial charge is 0.197 e. The van der Waals surface area contributed by atoms with Crippen LogP contribution < -0.4 is 5.73 Å². The lowest BCUT2D eigenvalue weighted by atomic mass is 10.0. The highest BCUT2D eigenvalue weighted by molar-refractivity contribution is 6.30. The maximum Gasteiger partial charge on any atom is 0.197 e. The summed E-state index contributed by atoms with van der Waals surface area (Å²) in [6.07, 6.45) is 0. The van der Waals surface area contributed by atoms with Gasteiger partial charge in [-0.25, -0.2) is 4.98 Å². The molecule has 1 aliphatic carbocycles. The lowest BCUT2D eigenvalue weighted by Gasteiger charge is -2.02. The standard InChI is InChI=1S/C15H18ClN3/c1-8-13(19-14(17)18-8)12-11(15(12,2)3)9-4-6-10(16)7-5-9/h4-7,11-12H,1-3H3,(H3,17,18,19)/t11-,12+/m1/s1. The molecule has 19 heavy (non-hydrogen) atoms. The predicted molar refractivity (Wildman–Crippen MR) is 78.5 cm³/mol. The first-order valence-electron chi connectivity index (χ1n) is 6.48. The van der Waals surface area contributed by atoms with Gasteiger partial charge in [-0.3, -0.25) is 0 Å². The second-order valence-electron chi connectivity index (χ2n) is 5.96. The van der Waals surface area contributed by atoms with E-state index >= 15 is 0 Å². The van der Waals surface area contributed by atoms with Crippen molar-refractivity contribution >= 4 is 17.5 Å². The highest BCUT2D eigenvalue weighted by Crippen LogP contribution is 2.69. The number of aromatic amines is 1. The molecule has 1 saturated carbocycles. The van der Waals surface area contributed by atoms with Gasteiger partial charge in [0.25, 0.3) is 0 Å². The van der Waals surface area contributed by atoms with Crippen LogP contribution in [0.25, 0.3) is 0 Å². The monoisotopic (exact) mass is 275 g/mol. The minimum atomic E-state index is 0.209. The van der Waals surface area contributed by atoms with Gasteiger partial charge in [-0.05, 0) is 36.0 Å². The summed E-state index contributed by atoms with van der Waals surface area (Å²) in [6, 6.07) is 8.13. The van der Waals surface area contributed by atoms with E-state index in [4.69, 9.17) is 17.3 Å². The molecule has 3 rings (SSSR count). The molecule has 1 aliphatic rings. The lowest BCUT2D eigenvalue weighted by Crippen LogP contribution is -1.92. The number of H-pyrrole nitrogens is 1. The quantitative estimate of drug-likeness (QED) is 0.874. The Morgan fingerprint density at radius 1 is 1.21 bits per heavy atom. The zero-order chi connectivity index (χ0) is 13.8. The van der Waals surface area contributed by atoms with Gasteiger partial charge >= 0.3 is 0 Å². The van der Waals surface area contributed by atoms with Crippen molar-refractivity contribution in [1.82, 2.24) is 9.97 Å². The second kappa shape index (κ2) is 4.01. The van der Waals surface area contributed by atoms with Crippen molar-refractivity contribution in [3.05, 3.63) is 46.2 Å². The Kier molecular flexibility index (Phi) is 2.65. The van der Waals surface area contributed by atoms with Crippen LogP contribution in [0.3, 0.4) is 0 Å². The Balaban J connectivity index is 1.96. The number of rotatable bonds is 2. The number of hydrogen-bond donors (Lipinski definition) is 2. The second-order valence-corrected chi connectivity index (χ2v) is 6.40. The third-order valence-electron chi connectivity index (χ3n) is 4.29. The van der Waals surface area contributed by atoms with Crippen molar-refractivity contribution in [3.63, 3.8) is 0 Å². The molecule has 100 valence electrons. The predicted octanol–water partition coefficient (Wildman–Crippen LogP) is 3.86. The van der Waals surface area contributed by atoms with Gasteiger partial charge in [0.15, 0.2) is 5.95 Å². The molecule has 0 bridgehead atoms. The number of anilines is 1. The molecule has 1 fully saturated rings. The lowest BCUT2D eigenvalue weighted by molar-refractivity contribution is 0.597. The summed E-state index contributed by atoms with van der Waals surface area (Å²) in [4.78, 5) is 7.55. The van der Waals surface area contributed by atoms with E-state index in [1.165, 1.54) is 5.56 Å². The zero-order valence-electron chi connectivity index (χ0n) is 11.4. The summed E-state index contributed by atoms with van der Waals surface area (Å²) < 4.78 is 0. The van der Waals surface area contributed by atoms with Crippen LogP contribution in [-0.2, 0) is 0 Å². The van der Waals surface area contributed by atoms with Gasteiger partial charge in [-0.15, -0.1) is 0 Å². The van der Waals surface area contributed by atoms with Gasteiger partial charge in [-0.2, -0.15) is 0 Å². The summed E-state index contributed by atoms with van der Waals surface area (Å²) >= 11 is 5.96. The van der Waals surface area contributed by atoms with Crippen molar-refractivity contribution in [2.24, 2.45) is 5.41 Å². The maximum absolute atomic E-state index is 5.96. The number of halogens is 1. The molecule has 1 aromatic heterocycles. The fraction of sp³-hybridized carbons (Fsp3) is 0.400.